The van der Waals surface area contributed by atoms with Crippen LogP contribution in [0.3, 0.4) is 0 Å². The molecule has 0 saturated heterocycles. The average Bonchev–Trinajstić information content (AvgIpc) is 3.37. The Morgan fingerprint density at radius 3 is 2.59 bits per heavy atom. The summed E-state index contributed by atoms with van der Waals surface area (Å²) in [7, 11) is 1.24. The number of carbonyl (C=O) groups excluding carboxylic acids is 2. The zero-order valence-corrected chi connectivity index (χ0v) is 19.3. The molecule has 1 aliphatic heterocycles. The van der Waals surface area contributed by atoms with E-state index in [1.165, 1.54) is 13.2 Å². The van der Waals surface area contributed by atoms with Crippen molar-refractivity contribution in [1.82, 2.24) is 10.7 Å². The summed E-state index contributed by atoms with van der Waals surface area (Å²) in [5.74, 6) is -0.841. The summed E-state index contributed by atoms with van der Waals surface area (Å²) in [4.78, 5) is 36.2. The molecule has 3 N–H and O–H groups in total. The Labute approximate surface area is 209 Å². The van der Waals surface area contributed by atoms with Crippen LogP contribution in [0.1, 0.15) is 21.5 Å². The highest BCUT2D eigenvalue weighted by atomic mass is 16.7. The molecule has 0 unspecified atom stereocenters. The summed E-state index contributed by atoms with van der Waals surface area (Å²) < 4.78 is 15.6. The van der Waals surface area contributed by atoms with Crippen LogP contribution in [0.2, 0.25) is 0 Å². The molecule has 1 aliphatic rings. The van der Waals surface area contributed by atoms with Gasteiger partial charge in [0.15, 0.2) is 23.0 Å². The number of nitrogens with one attached hydrogen (secondary N) is 2. The van der Waals surface area contributed by atoms with E-state index in [1.54, 1.807) is 48.5 Å². The Balaban J connectivity index is 1.59. The lowest BCUT2D eigenvalue weighted by Crippen LogP contribution is -2.32. The summed E-state index contributed by atoms with van der Waals surface area (Å²) >= 11 is 0. The molecule has 188 valence electrons. The number of benzene rings is 3. The Morgan fingerprint density at radius 2 is 1.86 bits per heavy atom. The lowest BCUT2D eigenvalue weighted by molar-refractivity contribution is -0.385. The molecule has 0 bridgehead atoms. The zero-order valence-electron chi connectivity index (χ0n) is 19.3. The number of rotatable bonds is 8. The molecule has 0 saturated carbocycles. The van der Waals surface area contributed by atoms with Crippen molar-refractivity contribution < 1.29 is 33.8 Å². The van der Waals surface area contributed by atoms with Gasteiger partial charge in [0.2, 0.25) is 6.79 Å². The zero-order chi connectivity index (χ0) is 26.4. The number of phenolic OH excluding ortho intramolecular Hbond substituents is 1. The molecule has 0 spiro atoms. The first-order valence-corrected chi connectivity index (χ1v) is 10.7. The highest BCUT2D eigenvalue weighted by Gasteiger charge is 2.18. The van der Waals surface area contributed by atoms with E-state index in [4.69, 9.17) is 14.2 Å². The van der Waals surface area contributed by atoms with Crippen molar-refractivity contribution in [2.45, 2.75) is 0 Å². The number of nitro groups is 1. The van der Waals surface area contributed by atoms with Crippen LogP contribution < -0.4 is 25.0 Å². The lowest BCUT2D eigenvalue weighted by Gasteiger charge is -2.10. The number of amides is 2. The van der Waals surface area contributed by atoms with Gasteiger partial charge in [-0.05, 0) is 35.9 Å². The number of aromatic hydroxyl groups is 1. The number of ether oxygens (including phenoxy) is 3. The van der Waals surface area contributed by atoms with Gasteiger partial charge in [0, 0.05) is 17.2 Å². The lowest BCUT2D eigenvalue weighted by atomic mass is 10.1. The van der Waals surface area contributed by atoms with Crippen LogP contribution in [0.4, 0.5) is 5.69 Å². The Kier molecular flexibility index (Phi) is 7.29. The molecule has 2 amide bonds. The van der Waals surface area contributed by atoms with E-state index in [2.05, 4.69) is 15.8 Å². The number of phenols is 1. The van der Waals surface area contributed by atoms with Gasteiger partial charge >= 0.3 is 0 Å². The highest BCUT2D eigenvalue weighted by molar-refractivity contribution is 6.05. The molecule has 0 aliphatic carbocycles. The van der Waals surface area contributed by atoms with Crippen molar-refractivity contribution in [3.8, 4) is 23.0 Å². The smallest absolute Gasteiger partial charge is 0.287 e. The monoisotopic (exact) mass is 504 g/mol. The maximum Gasteiger partial charge on any atom is 0.287 e. The molecule has 0 radical (unpaired) electrons. The second kappa shape index (κ2) is 10.9. The second-order valence-corrected chi connectivity index (χ2v) is 7.53. The molecule has 12 nitrogen and oxygen atoms in total. The van der Waals surface area contributed by atoms with E-state index in [0.717, 1.165) is 18.3 Å². The molecule has 0 aromatic heterocycles. The quantitative estimate of drug-likeness (QED) is 0.183. The highest BCUT2D eigenvalue weighted by Crippen LogP contribution is 2.34. The van der Waals surface area contributed by atoms with Crippen LogP contribution in [0.15, 0.2) is 71.5 Å². The van der Waals surface area contributed by atoms with Crippen LogP contribution in [-0.4, -0.2) is 42.0 Å². The van der Waals surface area contributed by atoms with Crippen molar-refractivity contribution >= 4 is 29.8 Å². The third-order valence-corrected chi connectivity index (χ3v) is 5.13. The summed E-state index contributed by atoms with van der Waals surface area (Å²) in [6.07, 6.45) is 2.43. The van der Waals surface area contributed by atoms with Gasteiger partial charge in [-0.25, -0.2) is 5.43 Å². The van der Waals surface area contributed by atoms with Gasteiger partial charge in [0.25, 0.3) is 17.5 Å². The topological polar surface area (TPSA) is 162 Å². The standard InChI is InChI=1S/C25H20N4O8/c1-35-22-12-18(29(33)34)11-17(23(22)30)13-26-28-25(32)19(27-24(31)16-5-3-2-4-6-16)9-15-7-8-20-21(10-15)37-14-36-20/h2-13,30H,14H2,1H3,(H,27,31)(H,28,32)/b19-9+,26-13+. The summed E-state index contributed by atoms with van der Waals surface area (Å²) in [6, 6.07) is 15.4. The first-order chi connectivity index (χ1) is 17.9. The molecule has 0 atom stereocenters. The van der Waals surface area contributed by atoms with E-state index in [-0.39, 0.29) is 29.5 Å². The molecule has 1 heterocycles. The molecule has 3 aromatic rings. The second-order valence-electron chi connectivity index (χ2n) is 7.53. The number of fused-ring (bicyclic) bond motifs is 1. The fourth-order valence-electron chi connectivity index (χ4n) is 3.31. The van der Waals surface area contributed by atoms with E-state index < -0.39 is 22.5 Å². The van der Waals surface area contributed by atoms with Crippen molar-refractivity contribution in [2.75, 3.05) is 13.9 Å². The minimum atomic E-state index is -0.796. The minimum absolute atomic E-state index is 0.0685. The normalized spacial score (nSPS) is 12.3. The van der Waals surface area contributed by atoms with E-state index in [1.807, 2.05) is 0 Å². The van der Waals surface area contributed by atoms with Crippen molar-refractivity contribution in [2.24, 2.45) is 5.10 Å². The number of hydrogen-bond acceptors (Lipinski definition) is 9. The number of nitrogens with zero attached hydrogens (tertiary/aromatic N) is 2. The van der Waals surface area contributed by atoms with Crippen LogP contribution >= 0.6 is 0 Å². The summed E-state index contributed by atoms with van der Waals surface area (Å²) in [5.41, 5.74) is 2.54. The number of hydrazone groups is 1. The molecule has 0 fully saturated rings. The Hall–Kier alpha value is -5.39. The van der Waals surface area contributed by atoms with Gasteiger partial charge in [0.1, 0.15) is 5.70 Å². The maximum atomic E-state index is 13.0. The first-order valence-electron chi connectivity index (χ1n) is 10.7. The van der Waals surface area contributed by atoms with E-state index in [9.17, 15) is 24.8 Å². The third kappa shape index (κ3) is 5.82. The van der Waals surface area contributed by atoms with E-state index in [0.29, 0.717) is 22.6 Å². The maximum absolute atomic E-state index is 13.0. The van der Waals surface area contributed by atoms with Gasteiger partial charge < -0.3 is 24.6 Å². The molecule has 37 heavy (non-hydrogen) atoms. The van der Waals surface area contributed by atoms with Gasteiger partial charge in [-0.1, -0.05) is 24.3 Å². The first kappa shape index (κ1) is 24.7. The van der Waals surface area contributed by atoms with Gasteiger partial charge in [-0.15, -0.1) is 0 Å². The number of non-ortho nitro benzene ring substituents is 1. The van der Waals surface area contributed by atoms with Crippen LogP contribution in [0.25, 0.3) is 6.08 Å². The summed E-state index contributed by atoms with van der Waals surface area (Å²) in [6.45, 7) is 0.0740. The minimum Gasteiger partial charge on any atom is -0.504 e. The van der Waals surface area contributed by atoms with Gasteiger partial charge in [0.05, 0.1) is 24.3 Å². The van der Waals surface area contributed by atoms with Crippen LogP contribution in [0, 0.1) is 10.1 Å². The van der Waals surface area contributed by atoms with Crippen molar-refractivity contribution in [3.63, 3.8) is 0 Å². The number of methoxy groups -OCH3 is 1. The Morgan fingerprint density at radius 1 is 1.11 bits per heavy atom. The predicted molar refractivity (Wildman–Crippen MR) is 132 cm³/mol. The Bertz CT molecular complexity index is 1420. The van der Waals surface area contributed by atoms with Gasteiger partial charge in [-0.2, -0.15) is 5.10 Å². The van der Waals surface area contributed by atoms with Crippen LogP contribution in [0.5, 0.6) is 23.0 Å². The molecule has 12 heteroatoms. The molecule has 3 aromatic carbocycles. The molecule has 4 rings (SSSR count). The fourth-order valence-corrected chi connectivity index (χ4v) is 3.31. The van der Waals surface area contributed by atoms with Crippen molar-refractivity contribution in [3.05, 3.63) is 93.2 Å². The predicted octanol–water partition coefficient (Wildman–Crippen LogP) is 2.96. The molecular formula is C25H20N4O8. The molecular weight excluding hydrogens is 484 g/mol. The SMILES string of the molecule is COc1cc([N+](=O)[O-])cc(/C=N/NC(=O)/C(=C\c2ccc3c(c2)OCO3)NC(=O)c2ccccc2)c1O. The number of nitro benzene ring substituents is 1. The van der Waals surface area contributed by atoms with Gasteiger partial charge in [-0.3, -0.25) is 19.7 Å². The number of carbonyl (C=O) groups is 2. The summed E-state index contributed by atoms with van der Waals surface area (Å²) in [5, 5.41) is 27.7. The average molecular weight is 504 g/mol. The largest absolute Gasteiger partial charge is 0.504 e. The fraction of sp³-hybridized carbons (Fsp3) is 0.0800. The van der Waals surface area contributed by atoms with Crippen molar-refractivity contribution in [1.29, 1.82) is 0 Å². The van der Waals surface area contributed by atoms with Crippen LogP contribution in [-0.2, 0) is 4.79 Å². The number of hydrogen-bond donors (Lipinski definition) is 3. The third-order valence-electron chi connectivity index (χ3n) is 5.13. The van der Waals surface area contributed by atoms with E-state index >= 15 is 0 Å².